The van der Waals surface area contributed by atoms with E-state index in [-0.39, 0.29) is 5.41 Å². The number of aldehydes is 1. The molecule has 2 fully saturated rings. The molecule has 0 aromatic carbocycles. The summed E-state index contributed by atoms with van der Waals surface area (Å²) in [4.78, 5) is 11.2. The zero-order valence-corrected chi connectivity index (χ0v) is 8.59. The summed E-state index contributed by atoms with van der Waals surface area (Å²) < 4.78 is 0. The molecule has 0 amide bonds. The third-order valence-corrected chi connectivity index (χ3v) is 4.37. The number of hydrogen-bond donors (Lipinski definition) is 0. The predicted octanol–water partition coefficient (Wildman–Crippen LogP) is 3.18. The molecule has 2 aliphatic carbocycles. The fourth-order valence-corrected chi connectivity index (χ4v) is 3.33. The first-order valence-electron chi connectivity index (χ1n) is 5.75. The molecule has 0 N–H and O–H groups in total. The predicted molar refractivity (Wildman–Crippen MR) is 53.5 cm³/mol. The Morgan fingerprint density at radius 3 is 2.31 bits per heavy atom. The molecule has 2 rings (SSSR count). The van der Waals surface area contributed by atoms with Crippen molar-refractivity contribution in [3.63, 3.8) is 0 Å². The van der Waals surface area contributed by atoms with E-state index >= 15 is 0 Å². The lowest BCUT2D eigenvalue weighted by molar-refractivity contribution is -0.128. The van der Waals surface area contributed by atoms with Crippen LogP contribution in [0.2, 0.25) is 0 Å². The first-order chi connectivity index (χ1) is 6.28. The Bertz CT molecular complexity index is 193. The van der Waals surface area contributed by atoms with Crippen LogP contribution in [-0.2, 0) is 4.79 Å². The maximum Gasteiger partial charge on any atom is 0.126 e. The highest BCUT2D eigenvalue weighted by atomic mass is 16.1. The van der Waals surface area contributed by atoms with Crippen molar-refractivity contribution in [2.45, 2.75) is 51.9 Å². The Hall–Kier alpha value is -0.330. The second-order valence-electron chi connectivity index (χ2n) is 5.07. The number of carbonyl (C=O) groups excluding carboxylic acids is 1. The molecule has 0 spiro atoms. The van der Waals surface area contributed by atoms with Gasteiger partial charge in [0.05, 0.1) is 0 Å². The van der Waals surface area contributed by atoms with E-state index < -0.39 is 0 Å². The molecule has 2 unspecified atom stereocenters. The largest absolute Gasteiger partial charge is 0.303 e. The standard InChI is InChI=1S/C12H20O/c1-10-5-2-3-6-11(10)12(9-13)7-4-8-12/h9-11H,2-8H2,1H3. The lowest BCUT2D eigenvalue weighted by Gasteiger charge is -2.48. The van der Waals surface area contributed by atoms with Crippen molar-refractivity contribution in [2.24, 2.45) is 17.3 Å². The fraction of sp³-hybridized carbons (Fsp3) is 0.917. The van der Waals surface area contributed by atoms with Crippen molar-refractivity contribution in [1.82, 2.24) is 0 Å². The molecule has 2 atom stereocenters. The molecule has 74 valence electrons. The van der Waals surface area contributed by atoms with Crippen LogP contribution in [0, 0.1) is 17.3 Å². The molecule has 2 aliphatic rings. The number of rotatable bonds is 2. The van der Waals surface area contributed by atoms with Crippen LogP contribution in [0.3, 0.4) is 0 Å². The maximum absolute atomic E-state index is 11.2. The second-order valence-corrected chi connectivity index (χ2v) is 5.07. The minimum absolute atomic E-state index is 0.125. The van der Waals surface area contributed by atoms with Gasteiger partial charge >= 0.3 is 0 Å². The highest BCUT2D eigenvalue weighted by Crippen LogP contribution is 2.52. The Morgan fingerprint density at radius 1 is 1.15 bits per heavy atom. The second kappa shape index (κ2) is 3.43. The van der Waals surface area contributed by atoms with Crippen LogP contribution in [0.15, 0.2) is 0 Å². The third kappa shape index (κ3) is 1.43. The SMILES string of the molecule is CC1CCCCC1C1(C=O)CCC1. The van der Waals surface area contributed by atoms with Gasteiger partial charge in [-0.2, -0.15) is 0 Å². The monoisotopic (exact) mass is 180 g/mol. The number of hydrogen-bond acceptors (Lipinski definition) is 1. The van der Waals surface area contributed by atoms with Gasteiger partial charge in [-0.25, -0.2) is 0 Å². The highest BCUT2D eigenvalue weighted by molar-refractivity contribution is 5.61. The molecule has 13 heavy (non-hydrogen) atoms. The van der Waals surface area contributed by atoms with Gasteiger partial charge in [0.1, 0.15) is 6.29 Å². The van der Waals surface area contributed by atoms with Gasteiger partial charge in [-0.05, 0) is 31.1 Å². The molecule has 0 saturated heterocycles. The van der Waals surface area contributed by atoms with Crippen LogP contribution in [0.25, 0.3) is 0 Å². The van der Waals surface area contributed by atoms with Crippen molar-refractivity contribution < 1.29 is 4.79 Å². The Morgan fingerprint density at radius 2 is 1.85 bits per heavy atom. The maximum atomic E-state index is 11.2. The molecule has 0 aromatic heterocycles. The summed E-state index contributed by atoms with van der Waals surface area (Å²) in [7, 11) is 0. The molecule has 2 saturated carbocycles. The summed E-state index contributed by atoms with van der Waals surface area (Å²) in [5.41, 5.74) is 0.125. The Kier molecular flexibility index (Phi) is 2.44. The molecular formula is C12H20O. The van der Waals surface area contributed by atoms with Crippen LogP contribution in [0.4, 0.5) is 0 Å². The van der Waals surface area contributed by atoms with Gasteiger partial charge in [0.2, 0.25) is 0 Å². The third-order valence-electron chi connectivity index (χ3n) is 4.37. The van der Waals surface area contributed by atoms with Gasteiger partial charge in [-0.3, -0.25) is 0 Å². The smallest absolute Gasteiger partial charge is 0.126 e. The average Bonchev–Trinajstić information content (AvgIpc) is 2.07. The van der Waals surface area contributed by atoms with Crippen molar-refractivity contribution in [3.8, 4) is 0 Å². The van der Waals surface area contributed by atoms with Crippen LogP contribution in [0.5, 0.6) is 0 Å². The summed E-state index contributed by atoms with van der Waals surface area (Å²) >= 11 is 0. The van der Waals surface area contributed by atoms with Crippen LogP contribution in [0.1, 0.15) is 51.9 Å². The Balaban J connectivity index is 2.08. The van der Waals surface area contributed by atoms with Crippen molar-refractivity contribution in [1.29, 1.82) is 0 Å². The topological polar surface area (TPSA) is 17.1 Å². The quantitative estimate of drug-likeness (QED) is 0.596. The molecule has 0 aromatic rings. The summed E-state index contributed by atoms with van der Waals surface area (Å²) in [6.45, 7) is 2.34. The summed E-state index contributed by atoms with van der Waals surface area (Å²) in [5.74, 6) is 1.51. The van der Waals surface area contributed by atoms with Gasteiger partial charge < -0.3 is 4.79 Å². The highest BCUT2D eigenvalue weighted by Gasteiger charge is 2.46. The van der Waals surface area contributed by atoms with E-state index in [0.29, 0.717) is 5.92 Å². The van der Waals surface area contributed by atoms with Gasteiger partial charge in [0.25, 0.3) is 0 Å². The normalized spacial score (nSPS) is 37.9. The first-order valence-corrected chi connectivity index (χ1v) is 5.75. The summed E-state index contributed by atoms with van der Waals surface area (Å²) in [6.07, 6.45) is 10.3. The molecule has 1 heteroatoms. The molecule has 0 heterocycles. The first kappa shape index (κ1) is 9.23. The Labute approximate surface area is 80.9 Å². The van der Waals surface area contributed by atoms with Gasteiger partial charge in [0.15, 0.2) is 0 Å². The van der Waals surface area contributed by atoms with Crippen molar-refractivity contribution >= 4 is 6.29 Å². The van der Waals surface area contributed by atoms with Crippen LogP contribution < -0.4 is 0 Å². The lowest BCUT2D eigenvalue weighted by atomic mass is 9.56. The van der Waals surface area contributed by atoms with Gasteiger partial charge in [-0.1, -0.05) is 32.6 Å². The zero-order chi connectivity index (χ0) is 9.31. The summed E-state index contributed by atoms with van der Waals surface area (Å²) in [5, 5.41) is 0. The van der Waals surface area contributed by atoms with Crippen molar-refractivity contribution in [3.05, 3.63) is 0 Å². The molecule has 0 radical (unpaired) electrons. The molecule has 0 aliphatic heterocycles. The minimum Gasteiger partial charge on any atom is -0.303 e. The van der Waals surface area contributed by atoms with E-state index in [0.717, 1.165) is 5.92 Å². The van der Waals surface area contributed by atoms with Gasteiger partial charge in [0, 0.05) is 5.41 Å². The van der Waals surface area contributed by atoms with Crippen LogP contribution in [-0.4, -0.2) is 6.29 Å². The average molecular weight is 180 g/mol. The fourth-order valence-electron chi connectivity index (χ4n) is 3.33. The van der Waals surface area contributed by atoms with Gasteiger partial charge in [-0.15, -0.1) is 0 Å². The van der Waals surface area contributed by atoms with E-state index in [1.807, 2.05) is 0 Å². The molecule has 0 bridgehead atoms. The lowest BCUT2D eigenvalue weighted by Crippen LogP contribution is -2.43. The van der Waals surface area contributed by atoms with E-state index in [1.54, 1.807) is 0 Å². The van der Waals surface area contributed by atoms with E-state index in [9.17, 15) is 4.79 Å². The van der Waals surface area contributed by atoms with Crippen LogP contribution >= 0.6 is 0 Å². The number of carbonyl (C=O) groups is 1. The van der Waals surface area contributed by atoms with Crippen molar-refractivity contribution in [2.75, 3.05) is 0 Å². The van der Waals surface area contributed by atoms with E-state index in [2.05, 4.69) is 6.92 Å². The minimum atomic E-state index is 0.125. The molecule has 1 nitrogen and oxygen atoms in total. The molecular weight excluding hydrogens is 160 g/mol. The summed E-state index contributed by atoms with van der Waals surface area (Å²) in [6, 6.07) is 0. The van der Waals surface area contributed by atoms with E-state index in [1.165, 1.54) is 51.2 Å². The van der Waals surface area contributed by atoms with E-state index in [4.69, 9.17) is 0 Å². The zero-order valence-electron chi connectivity index (χ0n) is 8.59.